The Morgan fingerprint density at radius 2 is 2.00 bits per heavy atom. The molecule has 0 saturated heterocycles. The predicted molar refractivity (Wildman–Crippen MR) is 90.4 cm³/mol. The zero-order valence-corrected chi connectivity index (χ0v) is 13.3. The fourth-order valence-electron chi connectivity index (χ4n) is 2.43. The summed E-state index contributed by atoms with van der Waals surface area (Å²) in [5.74, 6) is -0.976. The number of fused-ring (bicyclic) bond motifs is 1. The third-order valence-corrected chi connectivity index (χ3v) is 3.92. The molecule has 4 nitrogen and oxygen atoms in total. The van der Waals surface area contributed by atoms with Crippen molar-refractivity contribution in [1.82, 2.24) is 10.3 Å². The van der Waals surface area contributed by atoms with E-state index in [2.05, 4.69) is 10.3 Å². The molecule has 0 spiro atoms. The zero-order valence-electron chi connectivity index (χ0n) is 12.5. The number of benzene rings is 2. The van der Waals surface area contributed by atoms with Gasteiger partial charge >= 0.3 is 0 Å². The lowest BCUT2D eigenvalue weighted by molar-refractivity contribution is 0.0911. The molecule has 2 aromatic carbocycles. The number of aromatic nitrogens is 1. The van der Waals surface area contributed by atoms with Crippen molar-refractivity contribution in [3.8, 4) is 0 Å². The van der Waals surface area contributed by atoms with Crippen molar-refractivity contribution in [3.63, 3.8) is 0 Å². The third kappa shape index (κ3) is 3.37. The molecule has 1 heterocycles. The highest BCUT2D eigenvalue weighted by Crippen LogP contribution is 2.22. The molecule has 1 unspecified atom stereocenters. The molecule has 0 aliphatic heterocycles. The average Bonchev–Trinajstić information content (AvgIpc) is 2.58. The molecule has 2 N–H and O–H groups in total. The summed E-state index contributed by atoms with van der Waals surface area (Å²) in [7, 11) is 0. The molecule has 0 saturated carbocycles. The van der Waals surface area contributed by atoms with E-state index in [1.807, 2.05) is 18.2 Å². The number of aliphatic hydroxyl groups is 1. The van der Waals surface area contributed by atoms with Gasteiger partial charge in [-0.05, 0) is 29.8 Å². The van der Waals surface area contributed by atoms with Crippen LogP contribution < -0.4 is 5.32 Å². The van der Waals surface area contributed by atoms with E-state index in [1.165, 1.54) is 18.2 Å². The molecule has 6 heteroatoms. The van der Waals surface area contributed by atoms with Crippen LogP contribution in [0, 0.1) is 5.82 Å². The number of para-hydroxylation sites is 1. The minimum atomic E-state index is -0.752. The minimum Gasteiger partial charge on any atom is -0.394 e. The second kappa shape index (κ2) is 6.95. The summed E-state index contributed by atoms with van der Waals surface area (Å²) in [4.78, 5) is 16.7. The summed E-state index contributed by atoms with van der Waals surface area (Å²) in [6.45, 7) is -0.375. The van der Waals surface area contributed by atoms with Gasteiger partial charge in [-0.25, -0.2) is 9.37 Å². The maximum absolute atomic E-state index is 13.3. The summed E-state index contributed by atoms with van der Waals surface area (Å²) in [6, 6.07) is 13.9. The van der Waals surface area contributed by atoms with E-state index < -0.39 is 17.8 Å². The molecule has 1 aromatic heterocycles. The summed E-state index contributed by atoms with van der Waals surface area (Å²) >= 11 is 6.15. The number of carbonyl (C=O) groups excluding carboxylic acids is 1. The molecular weight excluding hydrogens is 331 g/mol. The lowest BCUT2D eigenvalue weighted by atomic mass is 10.1. The number of hydrogen-bond acceptors (Lipinski definition) is 3. The average molecular weight is 345 g/mol. The Balaban J connectivity index is 1.89. The van der Waals surface area contributed by atoms with Gasteiger partial charge in [0.25, 0.3) is 5.91 Å². The third-order valence-electron chi connectivity index (χ3n) is 3.63. The molecule has 0 radical (unpaired) electrons. The number of hydrogen-bond donors (Lipinski definition) is 2. The van der Waals surface area contributed by atoms with Crippen LogP contribution in [0.15, 0.2) is 54.6 Å². The Morgan fingerprint density at radius 3 is 2.75 bits per heavy atom. The van der Waals surface area contributed by atoms with E-state index in [4.69, 9.17) is 11.6 Å². The maximum atomic E-state index is 13.3. The molecule has 1 atom stereocenters. The van der Waals surface area contributed by atoms with Crippen LogP contribution in [-0.2, 0) is 0 Å². The highest BCUT2D eigenvalue weighted by atomic mass is 35.5. The van der Waals surface area contributed by atoms with E-state index in [-0.39, 0.29) is 17.3 Å². The minimum absolute atomic E-state index is 0.0604. The zero-order chi connectivity index (χ0) is 17.1. The summed E-state index contributed by atoms with van der Waals surface area (Å²) in [6.07, 6.45) is 0. The molecule has 0 aliphatic rings. The second-order valence-corrected chi connectivity index (χ2v) is 5.68. The molecule has 3 aromatic rings. The monoisotopic (exact) mass is 344 g/mol. The van der Waals surface area contributed by atoms with Crippen LogP contribution in [0.2, 0.25) is 5.02 Å². The summed E-state index contributed by atoms with van der Waals surface area (Å²) in [5, 5.41) is 13.2. The maximum Gasteiger partial charge on any atom is 0.272 e. The molecular formula is C18H14ClFN2O2. The largest absolute Gasteiger partial charge is 0.394 e. The first kappa shape index (κ1) is 16.4. The van der Waals surface area contributed by atoms with Gasteiger partial charge in [0, 0.05) is 5.39 Å². The van der Waals surface area contributed by atoms with Crippen molar-refractivity contribution in [2.75, 3.05) is 6.61 Å². The number of rotatable bonds is 4. The van der Waals surface area contributed by atoms with Crippen LogP contribution in [0.25, 0.3) is 10.9 Å². The molecule has 0 bridgehead atoms. The first-order chi connectivity index (χ1) is 11.6. The van der Waals surface area contributed by atoms with E-state index in [0.717, 1.165) is 5.39 Å². The van der Waals surface area contributed by atoms with Crippen LogP contribution in [-0.4, -0.2) is 22.6 Å². The Bertz CT molecular complexity index is 901. The Morgan fingerprint density at radius 1 is 1.21 bits per heavy atom. The van der Waals surface area contributed by atoms with E-state index >= 15 is 0 Å². The number of halogens is 2. The van der Waals surface area contributed by atoms with Gasteiger partial charge in [0.05, 0.1) is 23.2 Å². The molecule has 1 amide bonds. The van der Waals surface area contributed by atoms with E-state index in [0.29, 0.717) is 11.1 Å². The topological polar surface area (TPSA) is 62.2 Å². The molecule has 24 heavy (non-hydrogen) atoms. The van der Waals surface area contributed by atoms with Crippen molar-refractivity contribution in [2.24, 2.45) is 0 Å². The van der Waals surface area contributed by atoms with Gasteiger partial charge < -0.3 is 10.4 Å². The molecule has 3 rings (SSSR count). The standard InChI is InChI=1S/C18H14ClFN2O2/c19-14-9-12-4-1-2-7-15(12)21-17(14)18(24)22-16(10-23)11-5-3-6-13(20)8-11/h1-9,16,23H,10H2,(H,22,24). The second-order valence-electron chi connectivity index (χ2n) is 5.28. The number of carbonyl (C=O) groups is 1. The molecule has 0 aliphatic carbocycles. The van der Waals surface area contributed by atoms with Crippen molar-refractivity contribution in [2.45, 2.75) is 6.04 Å². The number of nitrogens with zero attached hydrogens (tertiary/aromatic N) is 1. The lowest BCUT2D eigenvalue weighted by Gasteiger charge is -2.17. The predicted octanol–water partition coefficient (Wildman–Crippen LogP) is 3.49. The van der Waals surface area contributed by atoms with Crippen molar-refractivity contribution in [3.05, 3.63) is 76.7 Å². The highest BCUT2D eigenvalue weighted by molar-refractivity contribution is 6.34. The van der Waals surface area contributed by atoms with Gasteiger partial charge in [0.15, 0.2) is 0 Å². The van der Waals surface area contributed by atoms with E-state index in [1.54, 1.807) is 18.2 Å². The number of pyridine rings is 1. The van der Waals surface area contributed by atoms with Crippen LogP contribution in [0.1, 0.15) is 22.1 Å². The quantitative estimate of drug-likeness (QED) is 0.761. The van der Waals surface area contributed by atoms with Crippen molar-refractivity contribution in [1.29, 1.82) is 0 Å². The van der Waals surface area contributed by atoms with Gasteiger partial charge in [-0.2, -0.15) is 0 Å². The van der Waals surface area contributed by atoms with Gasteiger partial charge in [0.1, 0.15) is 11.5 Å². The Hall–Kier alpha value is -2.50. The molecule has 0 fully saturated rings. The lowest BCUT2D eigenvalue weighted by Crippen LogP contribution is -2.31. The first-order valence-electron chi connectivity index (χ1n) is 7.31. The smallest absolute Gasteiger partial charge is 0.272 e. The number of nitrogens with one attached hydrogen (secondary N) is 1. The fourth-order valence-corrected chi connectivity index (χ4v) is 2.68. The highest BCUT2D eigenvalue weighted by Gasteiger charge is 2.19. The number of amides is 1. The SMILES string of the molecule is O=C(NC(CO)c1cccc(F)c1)c1nc2ccccc2cc1Cl. The van der Waals surface area contributed by atoms with Crippen molar-refractivity contribution >= 4 is 28.4 Å². The van der Waals surface area contributed by atoms with Crippen LogP contribution in [0.3, 0.4) is 0 Å². The van der Waals surface area contributed by atoms with Gasteiger partial charge in [-0.15, -0.1) is 0 Å². The van der Waals surface area contributed by atoms with Gasteiger partial charge in [0.2, 0.25) is 0 Å². The first-order valence-corrected chi connectivity index (χ1v) is 7.69. The van der Waals surface area contributed by atoms with E-state index in [9.17, 15) is 14.3 Å². The summed E-state index contributed by atoms with van der Waals surface area (Å²) < 4.78 is 13.3. The number of aliphatic hydroxyl groups excluding tert-OH is 1. The van der Waals surface area contributed by atoms with Crippen molar-refractivity contribution < 1.29 is 14.3 Å². The molecule has 122 valence electrons. The Kier molecular flexibility index (Phi) is 4.74. The normalized spacial score (nSPS) is 12.1. The van der Waals surface area contributed by atoms with Gasteiger partial charge in [-0.3, -0.25) is 4.79 Å². The Labute approximate surface area is 142 Å². The van der Waals surface area contributed by atoms with Crippen LogP contribution in [0.4, 0.5) is 4.39 Å². The van der Waals surface area contributed by atoms with Crippen LogP contribution >= 0.6 is 11.6 Å². The fraction of sp³-hybridized carbons (Fsp3) is 0.111. The van der Waals surface area contributed by atoms with Gasteiger partial charge in [-0.1, -0.05) is 41.9 Å². The van der Waals surface area contributed by atoms with Crippen LogP contribution in [0.5, 0.6) is 0 Å². The summed E-state index contributed by atoms with van der Waals surface area (Å²) in [5.41, 5.74) is 1.16.